The smallest absolute Gasteiger partial charge is 0.329 e. The zero-order chi connectivity index (χ0) is 20.4. The molecule has 4 rings (SSSR count). The molecule has 0 radical (unpaired) electrons. The van der Waals surface area contributed by atoms with E-state index in [1.807, 2.05) is 0 Å². The van der Waals surface area contributed by atoms with E-state index in [-0.39, 0.29) is 12.2 Å². The largest absolute Gasteiger partial charge is 0.457 e. The van der Waals surface area contributed by atoms with Crippen molar-refractivity contribution in [3.63, 3.8) is 0 Å². The molecule has 1 saturated heterocycles. The minimum Gasteiger partial charge on any atom is -0.457 e. The summed E-state index contributed by atoms with van der Waals surface area (Å²) in [6.07, 6.45) is 1.49. The van der Waals surface area contributed by atoms with Crippen molar-refractivity contribution >= 4 is 29.6 Å². The molecule has 0 saturated carbocycles. The third-order valence-corrected chi connectivity index (χ3v) is 4.83. The number of urea groups is 1. The fraction of sp³-hybridized carbons (Fsp3) is 0.0455. The molecule has 2 aromatic carbocycles. The Morgan fingerprint density at radius 2 is 1.83 bits per heavy atom. The fourth-order valence-electron chi connectivity index (χ4n) is 2.95. The number of carbonyl (C=O) groups excluding carboxylic acids is 2. The standard InChI is InChI=1S/C22H14ClN3O3/c23-18-4-2-1-3-16(18)13-26-21(27)19(25-22(26)28)11-17-9-10-20(29-17)15-7-5-14(12-24)6-8-15/h1-11H,13H2,(H,25,28)/b19-11-. The van der Waals surface area contributed by atoms with Crippen LogP contribution in [0.1, 0.15) is 16.9 Å². The average molecular weight is 404 g/mol. The highest BCUT2D eigenvalue weighted by Crippen LogP contribution is 2.25. The molecular formula is C22H14ClN3O3. The van der Waals surface area contributed by atoms with Crippen molar-refractivity contribution in [2.24, 2.45) is 0 Å². The third-order valence-electron chi connectivity index (χ3n) is 4.46. The lowest BCUT2D eigenvalue weighted by atomic mass is 10.1. The van der Waals surface area contributed by atoms with Gasteiger partial charge in [-0.25, -0.2) is 4.79 Å². The Bertz CT molecular complexity index is 1170. The van der Waals surface area contributed by atoms with Gasteiger partial charge >= 0.3 is 6.03 Å². The maximum absolute atomic E-state index is 12.6. The number of amides is 3. The van der Waals surface area contributed by atoms with Gasteiger partial charge in [-0.15, -0.1) is 0 Å². The lowest BCUT2D eigenvalue weighted by Gasteiger charge is -2.12. The Labute approximate surface area is 171 Å². The average Bonchev–Trinajstić information content (AvgIpc) is 3.30. The highest BCUT2D eigenvalue weighted by Gasteiger charge is 2.34. The fourth-order valence-corrected chi connectivity index (χ4v) is 3.14. The molecule has 29 heavy (non-hydrogen) atoms. The monoisotopic (exact) mass is 403 g/mol. The Hall–Kier alpha value is -3.82. The van der Waals surface area contributed by atoms with Gasteiger partial charge in [0.2, 0.25) is 0 Å². The molecular weight excluding hydrogens is 390 g/mol. The van der Waals surface area contributed by atoms with Gasteiger partial charge < -0.3 is 9.73 Å². The van der Waals surface area contributed by atoms with E-state index in [2.05, 4.69) is 11.4 Å². The molecule has 0 aliphatic carbocycles. The molecule has 3 amide bonds. The normalized spacial score (nSPS) is 14.9. The second kappa shape index (κ2) is 7.66. The molecule has 7 heteroatoms. The van der Waals surface area contributed by atoms with E-state index in [9.17, 15) is 9.59 Å². The quantitative estimate of drug-likeness (QED) is 0.511. The number of rotatable bonds is 4. The summed E-state index contributed by atoms with van der Waals surface area (Å²) < 4.78 is 5.76. The molecule has 1 aliphatic heterocycles. The first-order valence-corrected chi connectivity index (χ1v) is 9.11. The first-order chi connectivity index (χ1) is 14.0. The van der Waals surface area contributed by atoms with Crippen LogP contribution in [0, 0.1) is 11.3 Å². The van der Waals surface area contributed by atoms with Gasteiger partial charge in [-0.2, -0.15) is 5.26 Å². The SMILES string of the molecule is N#Cc1ccc(-c2ccc(/C=C3\NC(=O)N(Cc4ccccc4Cl)C3=O)o2)cc1. The zero-order valence-corrected chi connectivity index (χ0v) is 15.8. The Balaban J connectivity index is 1.54. The predicted octanol–water partition coefficient (Wildman–Crippen LogP) is 4.56. The van der Waals surface area contributed by atoms with Crippen LogP contribution in [0.2, 0.25) is 5.02 Å². The summed E-state index contributed by atoms with van der Waals surface area (Å²) in [6, 6.07) is 19.0. The van der Waals surface area contributed by atoms with Crippen molar-refractivity contribution in [1.29, 1.82) is 5.26 Å². The summed E-state index contributed by atoms with van der Waals surface area (Å²) in [7, 11) is 0. The molecule has 0 bridgehead atoms. The summed E-state index contributed by atoms with van der Waals surface area (Å²) in [4.78, 5) is 26.0. The van der Waals surface area contributed by atoms with Crippen LogP contribution in [0.3, 0.4) is 0 Å². The number of hydrogen-bond donors (Lipinski definition) is 1. The Morgan fingerprint density at radius 3 is 2.55 bits per heavy atom. The van der Waals surface area contributed by atoms with Gasteiger partial charge in [-0.05, 0) is 48.0 Å². The molecule has 2 heterocycles. The molecule has 1 N–H and O–H groups in total. The van der Waals surface area contributed by atoms with Crippen LogP contribution in [0.15, 0.2) is 70.8 Å². The second-order valence-electron chi connectivity index (χ2n) is 6.36. The molecule has 142 valence electrons. The van der Waals surface area contributed by atoms with Crippen LogP contribution >= 0.6 is 11.6 Å². The summed E-state index contributed by atoms with van der Waals surface area (Å²) in [6.45, 7) is 0.0797. The molecule has 3 aromatic rings. The number of halogens is 1. The number of imide groups is 1. The summed E-state index contributed by atoms with van der Waals surface area (Å²) in [5, 5.41) is 11.9. The highest BCUT2D eigenvalue weighted by atomic mass is 35.5. The van der Waals surface area contributed by atoms with Crippen LogP contribution in [0.5, 0.6) is 0 Å². The van der Waals surface area contributed by atoms with E-state index in [0.29, 0.717) is 27.7 Å². The van der Waals surface area contributed by atoms with E-state index in [4.69, 9.17) is 21.3 Å². The first kappa shape index (κ1) is 18.5. The number of benzene rings is 2. The number of furan rings is 1. The number of carbonyl (C=O) groups is 2. The van der Waals surface area contributed by atoms with Crippen LogP contribution < -0.4 is 5.32 Å². The van der Waals surface area contributed by atoms with E-state index in [1.165, 1.54) is 6.08 Å². The third kappa shape index (κ3) is 3.77. The molecule has 0 unspecified atom stereocenters. The Kier molecular flexibility index (Phi) is 4.90. The first-order valence-electron chi connectivity index (χ1n) is 8.73. The lowest BCUT2D eigenvalue weighted by Crippen LogP contribution is -2.30. The van der Waals surface area contributed by atoms with Gasteiger partial charge in [0, 0.05) is 16.7 Å². The topological polar surface area (TPSA) is 86.3 Å². The lowest BCUT2D eigenvalue weighted by molar-refractivity contribution is -0.123. The number of nitrogens with one attached hydrogen (secondary N) is 1. The molecule has 1 fully saturated rings. The van der Waals surface area contributed by atoms with Gasteiger partial charge in [0.1, 0.15) is 17.2 Å². The minimum atomic E-state index is -0.514. The van der Waals surface area contributed by atoms with Crippen molar-refractivity contribution in [3.8, 4) is 17.4 Å². The molecule has 0 spiro atoms. The molecule has 6 nitrogen and oxygen atoms in total. The summed E-state index contributed by atoms with van der Waals surface area (Å²) >= 11 is 6.13. The number of hydrogen-bond acceptors (Lipinski definition) is 4. The molecule has 1 aliphatic rings. The van der Waals surface area contributed by atoms with Crippen molar-refractivity contribution in [1.82, 2.24) is 10.2 Å². The number of nitriles is 1. The second-order valence-corrected chi connectivity index (χ2v) is 6.77. The van der Waals surface area contributed by atoms with E-state index >= 15 is 0 Å². The van der Waals surface area contributed by atoms with Gasteiger partial charge in [-0.3, -0.25) is 9.69 Å². The maximum atomic E-state index is 12.6. The zero-order valence-electron chi connectivity index (χ0n) is 15.1. The van der Waals surface area contributed by atoms with Crippen LogP contribution in [0.4, 0.5) is 4.79 Å². The van der Waals surface area contributed by atoms with Crippen molar-refractivity contribution in [3.05, 3.63) is 88.3 Å². The van der Waals surface area contributed by atoms with Crippen molar-refractivity contribution in [2.75, 3.05) is 0 Å². The van der Waals surface area contributed by atoms with E-state index < -0.39 is 11.9 Å². The Morgan fingerprint density at radius 1 is 1.07 bits per heavy atom. The van der Waals surface area contributed by atoms with E-state index in [0.717, 1.165) is 10.5 Å². The van der Waals surface area contributed by atoms with Crippen LogP contribution in [0.25, 0.3) is 17.4 Å². The van der Waals surface area contributed by atoms with Gasteiger partial charge in [0.15, 0.2) is 0 Å². The van der Waals surface area contributed by atoms with Gasteiger partial charge in [-0.1, -0.05) is 29.8 Å². The van der Waals surface area contributed by atoms with Crippen molar-refractivity contribution in [2.45, 2.75) is 6.54 Å². The van der Waals surface area contributed by atoms with Gasteiger partial charge in [0.05, 0.1) is 18.2 Å². The summed E-state index contributed by atoms with van der Waals surface area (Å²) in [5.41, 5.74) is 2.17. The minimum absolute atomic E-state index is 0.0797. The van der Waals surface area contributed by atoms with Crippen molar-refractivity contribution < 1.29 is 14.0 Å². The summed E-state index contributed by atoms with van der Waals surface area (Å²) in [5.74, 6) is 0.560. The van der Waals surface area contributed by atoms with Crippen LogP contribution in [-0.2, 0) is 11.3 Å². The predicted molar refractivity (Wildman–Crippen MR) is 107 cm³/mol. The van der Waals surface area contributed by atoms with E-state index in [1.54, 1.807) is 60.7 Å². The number of nitrogens with zero attached hydrogens (tertiary/aromatic N) is 2. The van der Waals surface area contributed by atoms with Gasteiger partial charge in [0.25, 0.3) is 5.91 Å². The molecule has 0 atom stereocenters. The highest BCUT2D eigenvalue weighted by molar-refractivity contribution is 6.31. The molecule has 1 aromatic heterocycles. The van der Waals surface area contributed by atoms with Crippen LogP contribution in [-0.4, -0.2) is 16.8 Å². The maximum Gasteiger partial charge on any atom is 0.329 e.